The fourth-order valence-corrected chi connectivity index (χ4v) is 4.07. The molecule has 1 aliphatic rings. The summed E-state index contributed by atoms with van der Waals surface area (Å²) in [6.07, 6.45) is 0. The van der Waals surface area contributed by atoms with E-state index in [9.17, 15) is 4.79 Å². The second-order valence-electron chi connectivity index (χ2n) is 6.78. The van der Waals surface area contributed by atoms with E-state index in [1.807, 2.05) is 91.0 Å². The average molecular weight is 386 g/mol. The van der Waals surface area contributed by atoms with Gasteiger partial charge >= 0.3 is 5.97 Å². The Labute approximate surface area is 167 Å². The van der Waals surface area contributed by atoms with Crippen molar-refractivity contribution in [2.24, 2.45) is 0 Å². The van der Waals surface area contributed by atoms with Crippen LogP contribution < -0.4 is 5.32 Å². The largest absolute Gasteiger partial charge is 0.427 e. The number of benzene rings is 4. The topological polar surface area (TPSA) is 38.3 Å². The predicted octanol–water partition coefficient (Wildman–Crippen LogP) is 5.98. The van der Waals surface area contributed by atoms with E-state index in [1.54, 1.807) is 0 Å². The van der Waals surface area contributed by atoms with E-state index in [2.05, 4.69) is 5.32 Å². The van der Waals surface area contributed by atoms with Crippen molar-refractivity contribution >= 4 is 34.0 Å². The summed E-state index contributed by atoms with van der Waals surface area (Å²) in [5.74, 6) is -0.359. The van der Waals surface area contributed by atoms with Gasteiger partial charge in [-0.05, 0) is 29.7 Å². The van der Waals surface area contributed by atoms with Crippen LogP contribution in [0.4, 0.5) is 5.69 Å². The Morgan fingerprint density at radius 2 is 1.57 bits per heavy atom. The second-order valence-corrected chi connectivity index (χ2v) is 7.22. The van der Waals surface area contributed by atoms with E-state index in [1.165, 1.54) is 0 Å². The molecule has 0 aliphatic carbocycles. The van der Waals surface area contributed by atoms with Gasteiger partial charge < -0.3 is 10.1 Å². The number of hydrogen-bond acceptors (Lipinski definition) is 3. The van der Waals surface area contributed by atoms with Gasteiger partial charge in [0.25, 0.3) is 0 Å². The molecule has 1 atom stereocenters. The van der Waals surface area contributed by atoms with E-state index in [4.69, 9.17) is 16.3 Å². The van der Waals surface area contributed by atoms with Gasteiger partial charge in [-0.25, -0.2) is 4.79 Å². The van der Waals surface area contributed by atoms with Crippen molar-refractivity contribution in [1.82, 2.24) is 0 Å². The molecule has 4 heteroatoms. The second kappa shape index (κ2) is 6.39. The lowest BCUT2D eigenvalue weighted by Gasteiger charge is -2.39. The lowest BCUT2D eigenvalue weighted by molar-refractivity contribution is 0.00814. The van der Waals surface area contributed by atoms with Crippen LogP contribution in [0.5, 0.6) is 0 Å². The number of hydrogen-bond donors (Lipinski definition) is 1. The van der Waals surface area contributed by atoms with Gasteiger partial charge in [0.15, 0.2) is 0 Å². The van der Waals surface area contributed by atoms with Gasteiger partial charge in [-0.15, -0.1) is 0 Å². The Balaban J connectivity index is 1.83. The van der Waals surface area contributed by atoms with Crippen LogP contribution in [-0.4, -0.2) is 5.97 Å². The molecule has 0 fully saturated rings. The summed E-state index contributed by atoms with van der Waals surface area (Å²) in [5.41, 5.74) is 1.92. The number of carbonyl (C=O) groups is 1. The maximum atomic E-state index is 13.0. The average Bonchev–Trinajstić information content (AvgIpc) is 2.72. The van der Waals surface area contributed by atoms with Crippen molar-refractivity contribution in [3.63, 3.8) is 0 Å². The molecule has 5 rings (SSSR count). The summed E-state index contributed by atoms with van der Waals surface area (Å²) < 4.78 is 6.13. The lowest BCUT2D eigenvalue weighted by atomic mass is 9.85. The molecule has 0 spiro atoms. The minimum atomic E-state index is -1.16. The third kappa shape index (κ3) is 2.55. The fourth-order valence-electron chi connectivity index (χ4n) is 3.88. The highest BCUT2D eigenvalue weighted by Crippen LogP contribution is 2.44. The van der Waals surface area contributed by atoms with Crippen molar-refractivity contribution < 1.29 is 9.53 Å². The third-order valence-electron chi connectivity index (χ3n) is 5.08. The van der Waals surface area contributed by atoms with Crippen molar-refractivity contribution in [3.8, 4) is 0 Å². The van der Waals surface area contributed by atoms with Crippen LogP contribution in [0.2, 0.25) is 5.02 Å². The van der Waals surface area contributed by atoms with Crippen molar-refractivity contribution in [1.29, 1.82) is 0 Å². The van der Waals surface area contributed by atoms with Gasteiger partial charge in [-0.2, -0.15) is 0 Å². The molecule has 0 saturated carbocycles. The number of rotatable bonds is 3. The van der Waals surface area contributed by atoms with Crippen LogP contribution >= 0.6 is 11.6 Å². The Morgan fingerprint density at radius 3 is 2.36 bits per heavy atom. The normalized spacial score (nSPS) is 18.0. The molecule has 1 N–H and O–H groups in total. The molecule has 4 aromatic carbocycles. The van der Waals surface area contributed by atoms with E-state index < -0.39 is 5.72 Å². The molecule has 4 aromatic rings. The molecule has 0 amide bonds. The first kappa shape index (κ1) is 16.8. The summed E-state index contributed by atoms with van der Waals surface area (Å²) in [6.45, 7) is 0. The summed E-state index contributed by atoms with van der Waals surface area (Å²) in [5, 5.41) is 5.96. The molecule has 1 aliphatic heterocycles. The van der Waals surface area contributed by atoms with E-state index >= 15 is 0 Å². The Bertz CT molecular complexity index is 1200. The zero-order valence-electron chi connectivity index (χ0n) is 14.9. The van der Waals surface area contributed by atoms with Gasteiger partial charge in [0.05, 0.1) is 5.56 Å². The molecule has 0 radical (unpaired) electrons. The zero-order valence-corrected chi connectivity index (χ0v) is 15.6. The SMILES string of the molecule is O=C1OC(Nc2cccc(Cl)c2)(c2ccccc2)c2cccc3cccc1c23. The van der Waals surface area contributed by atoms with Crippen LogP contribution in [0, 0.1) is 0 Å². The molecule has 136 valence electrons. The lowest BCUT2D eigenvalue weighted by Crippen LogP contribution is -2.44. The zero-order chi connectivity index (χ0) is 19.1. The minimum absolute atomic E-state index is 0.359. The first-order chi connectivity index (χ1) is 13.7. The van der Waals surface area contributed by atoms with E-state index in [0.29, 0.717) is 10.6 Å². The van der Waals surface area contributed by atoms with Gasteiger partial charge in [0.2, 0.25) is 5.72 Å². The molecule has 1 heterocycles. The summed E-state index contributed by atoms with van der Waals surface area (Å²) >= 11 is 6.20. The molecule has 0 bridgehead atoms. The van der Waals surface area contributed by atoms with Crippen LogP contribution in [0.3, 0.4) is 0 Å². The maximum Gasteiger partial charge on any atom is 0.341 e. The van der Waals surface area contributed by atoms with Gasteiger partial charge in [-0.1, -0.05) is 78.3 Å². The van der Waals surface area contributed by atoms with E-state index in [0.717, 1.165) is 27.6 Å². The summed E-state index contributed by atoms with van der Waals surface area (Å²) in [4.78, 5) is 13.0. The Kier molecular flexibility index (Phi) is 3.85. The van der Waals surface area contributed by atoms with Crippen LogP contribution in [0.25, 0.3) is 10.8 Å². The highest BCUT2D eigenvalue weighted by Gasteiger charge is 2.44. The molecule has 28 heavy (non-hydrogen) atoms. The number of carbonyl (C=O) groups excluding carboxylic acids is 1. The van der Waals surface area contributed by atoms with Gasteiger partial charge in [0, 0.05) is 27.2 Å². The molecule has 0 saturated heterocycles. The Hall–Kier alpha value is -3.30. The molecular weight excluding hydrogens is 370 g/mol. The first-order valence-corrected chi connectivity index (χ1v) is 9.40. The number of nitrogens with one attached hydrogen (secondary N) is 1. The Morgan fingerprint density at radius 1 is 0.821 bits per heavy atom. The smallest absolute Gasteiger partial charge is 0.341 e. The highest BCUT2D eigenvalue weighted by molar-refractivity contribution is 6.30. The van der Waals surface area contributed by atoms with Crippen LogP contribution in [0.15, 0.2) is 91.0 Å². The molecule has 0 aromatic heterocycles. The third-order valence-corrected chi connectivity index (χ3v) is 5.31. The summed E-state index contributed by atoms with van der Waals surface area (Å²) in [7, 11) is 0. The maximum absolute atomic E-state index is 13.0. The van der Waals surface area contributed by atoms with Crippen LogP contribution in [-0.2, 0) is 10.5 Å². The standard InChI is InChI=1S/C24H16ClNO2/c25-18-11-6-12-19(15-18)26-24(17-9-2-1-3-10-17)21-14-5-8-16-7-4-13-20(22(16)21)23(27)28-24/h1-15,26H. The molecule has 1 unspecified atom stereocenters. The summed E-state index contributed by atoms with van der Waals surface area (Å²) in [6, 6.07) is 28.8. The van der Waals surface area contributed by atoms with E-state index in [-0.39, 0.29) is 5.97 Å². The first-order valence-electron chi connectivity index (χ1n) is 9.02. The number of esters is 1. The number of ether oxygens (including phenoxy) is 1. The number of anilines is 1. The molecular formula is C24H16ClNO2. The predicted molar refractivity (Wildman–Crippen MR) is 112 cm³/mol. The molecule has 3 nitrogen and oxygen atoms in total. The fraction of sp³-hybridized carbons (Fsp3) is 0.0417. The van der Waals surface area contributed by atoms with Crippen LogP contribution in [0.1, 0.15) is 21.5 Å². The van der Waals surface area contributed by atoms with Crippen molar-refractivity contribution in [2.45, 2.75) is 5.72 Å². The van der Waals surface area contributed by atoms with Gasteiger partial charge in [0.1, 0.15) is 0 Å². The number of cyclic esters (lactones) is 1. The monoisotopic (exact) mass is 385 g/mol. The van der Waals surface area contributed by atoms with Gasteiger partial charge in [-0.3, -0.25) is 0 Å². The quantitative estimate of drug-likeness (QED) is 0.441. The minimum Gasteiger partial charge on any atom is -0.427 e. The highest BCUT2D eigenvalue weighted by atomic mass is 35.5. The number of halogens is 1. The van der Waals surface area contributed by atoms with Crippen molar-refractivity contribution in [3.05, 3.63) is 113 Å². The van der Waals surface area contributed by atoms with Crippen molar-refractivity contribution in [2.75, 3.05) is 5.32 Å².